The van der Waals surface area contributed by atoms with Gasteiger partial charge in [0.1, 0.15) is 0 Å². The third-order valence-electron chi connectivity index (χ3n) is 12.7. The quantitative estimate of drug-likeness (QED) is 0.0422. The second kappa shape index (κ2) is 51.2. The van der Waals surface area contributed by atoms with Crippen LogP contribution in [0.25, 0.3) is 0 Å². The fraction of sp³-hybridized carbons (Fsp3) is 0.909. The Balaban J connectivity index is 3.45. The number of amides is 1. The van der Waals surface area contributed by atoms with Gasteiger partial charge in [0.2, 0.25) is 5.91 Å². The molecule has 0 aliphatic rings. The molecule has 0 heterocycles. The van der Waals surface area contributed by atoms with Crippen LogP contribution in [0.3, 0.4) is 0 Å². The van der Waals surface area contributed by atoms with E-state index in [9.17, 15) is 15.0 Å². The molecule has 4 heteroatoms. The van der Waals surface area contributed by atoms with Crippen LogP contribution in [-0.2, 0) is 4.79 Å². The first-order chi connectivity index (χ1) is 29.2. The van der Waals surface area contributed by atoms with Gasteiger partial charge in [0, 0.05) is 6.42 Å². The van der Waals surface area contributed by atoms with Gasteiger partial charge in [0.25, 0.3) is 0 Å². The van der Waals surface area contributed by atoms with Gasteiger partial charge in [-0.15, -0.1) is 0 Å². The first kappa shape index (κ1) is 57.9. The third-order valence-corrected chi connectivity index (χ3v) is 12.7. The molecule has 0 saturated carbocycles. The van der Waals surface area contributed by atoms with Gasteiger partial charge in [0.05, 0.1) is 18.8 Å². The summed E-state index contributed by atoms with van der Waals surface area (Å²) in [5.41, 5.74) is 0. The second-order valence-corrected chi connectivity index (χ2v) is 18.7. The topological polar surface area (TPSA) is 69.6 Å². The van der Waals surface area contributed by atoms with Gasteiger partial charge < -0.3 is 15.5 Å². The molecule has 0 radical (unpaired) electrons. The largest absolute Gasteiger partial charge is 0.394 e. The summed E-state index contributed by atoms with van der Waals surface area (Å²) in [5, 5.41) is 23.1. The molecule has 3 N–H and O–H groups in total. The van der Waals surface area contributed by atoms with Crippen LogP contribution in [-0.4, -0.2) is 34.9 Å². The van der Waals surface area contributed by atoms with E-state index >= 15 is 0 Å². The van der Waals surface area contributed by atoms with Gasteiger partial charge in [-0.2, -0.15) is 0 Å². The fourth-order valence-corrected chi connectivity index (χ4v) is 8.53. The van der Waals surface area contributed by atoms with Crippen molar-refractivity contribution in [3.05, 3.63) is 24.3 Å². The Labute approximate surface area is 370 Å². The number of nitrogens with one attached hydrogen (secondary N) is 1. The molecule has 0 fully saturated rings. The molecule has 350 valence electrons. The van der Waals surface area contributed by atoms with E-state index in [0.29, 0.717) is 6.42 Å². The van der Waals surface area contributed by atoms with Crippen molar-refractivity contribution in [2.45, 2.75) is 315 Å². The van der Waals surface area contributed by atoms with Crippen LogP contribution in [0, 0.1) is 0 Å². The fourth-order valence-electron chi connectivity index (χ4n) is 8.53. The number of carbonyl (C=O) groups excluding carboxylic acids is 1. The molecule has 4 nitrogen and oxygen atoms in total. The average molecular weight is 830 g/mol. The minimum absolute atomic E-state index is 0.0648. The van der Waals surface area contributed by atoms with E-state index in [-0.39, 0.29) is 12.5 Å². The zero-order valence-electron chi connectivity index (χ0n) is 40.3. The molecule has 59 heavy (non-hydrogen) atoms. The highest BCUT2D eigenvalue weighted by Gasteiger charge is 2.18. The van der Waals surface area contributed by atoms with Gasteiger partial charge >= 0.3 is 0 Å². The van der Waals surface area contributed by atoms with Crippen LogP contribution in [0.5, 0.6) is 0 Å². The summed E-state index contributed by atoms with van der Waals surface area (Å²) in [6.07, 6.45) is 67.6. The lowest BCUT2D eigenvalue weighted by Gasteiger charge is -2.20. The molecule has 0 spiro atoms. The molecule has 0 aromatic carbocycles. The number of aliphatic hydroxyl groups is 2. The third kappa shape index (κ3) is 47.8. The number of unbranched alkanes of at least 4 members (excludes halogenated alkanes) is 41. The van der Waals surface area contributed by atoms with Gasteiger partial charge in [-0.1, -0.05) is 276 Å². The summed E-state index contributed by atoms with van der Waals surface area (Å²) in [6, 6.07) is -0.623. The molecule has 0 aromatic heterocycles. The van der Waals surface area contributed by atoms with Crippen LogP contribution >= 0.6 is 0 Å². The molecule has 1 amide bonds. The van der Waals surface area contributed by atoms with Crippen LogP contribution in [0.1, 0.15) is 303 Å². The van der Waals surface area contributed by atoms with E-state index in [2.05, 4.69) is 31.3 Å². The Hall–Kier alpha value is -1.13. The lowest BCUT2D eigenvalue weighted by molar-refractivity contribution is -0.123. The normalized spacial score (nSPS) is 12.9. The van der Waals surface area contributed by atoms with E-state index in [0.717, 1.165) is 25.7 Å². The SMILES string of the molecule is CCCCCCCC/C=C\CCCCCCCCCC(=O)NC(CO)C(O)/C=C/CCCCCCCCCCCCCCCCCCCCCCCCCCCCCC. The van der Waals surface area contributed by atoms with E-state index in [1.54, 1.807) is 6.08 Å². The van der Waals surface area contributed by atoms with E-state index in [1.807, 2.05) is 6.08 Å². The predicted molar refractivity (Wildman–Crippen MR) is 262 cm³/mol. The minimum Gasteiger partial charge on any atom is -0.394 e. The van der Waals surface area contributed by atoms with Gasteiger partial charge in [-0.3, -0.25) is 4.79 Å². The predicted octanol–water partition coefficient (Wildman–Crippen LogP) is 17.5. The van der Waals surface area contributed by atoms with E-state index in [4.69, 9.17) is 0 Å². The molecular weight excluding hydrogens is 723 g/mol. The van der Waals surface area contributed by atoms with Crippen molar-refractivity contribution in [2.75, 3.05) is 6.61 Å². The molecule has 0 aliphatic heterocycles. The van der Waals surface area contributed by atoms with Gasteiger partial charge in [-0.05, 0) is 44.9 Å². The molecule has 0 rings (SSSR count). The highest BCUT2D eigenvalue weighted by atomic mass is 16.3. The smallest absolute Gasteiger partial charge is 0.220 e. The van der Waals surface area contributed by atoms with Gasteiger partial charge in [0.15, 0.2) is 0 Å². The van der Waals surface area contributed by atoms with Crippen molar-refractivity contribution in [3.8, 4) is 0 Å². The highest BCUT2D eigenvalue weighted by Crippen LogP contribution is 2.17. The van der Waals surface area contributed by atoms with Crippen LogP contribution in [0.2, 0.25) is 0 Å². The summed E-state index contributed by atoms with van der Waals surface area (Å²) in [5.74, 6) is -0.0648. The number of aliphatic hydroxyl groups excluding tert-OH is 2. The Morgan fingerprint density at radius 2 is 0.644 bits per heavy atom. The zero-order valence-corrected chi connectivity index (χ0v) is 40.3. The van der Waals surface area contributed by atoms with Crippen molar-refractivity contribution in [2.24, 2.45) is 0 Å². The van der Waals surface area contributed by atoms with Crippen molar-refractivity contribution in [1.82, 2.24) is 5.32 Å². The lowest BCUT2D eigenvalue weighted by Crippen LogP contribution is -2.45. The summed E-state index contributed by atoms with van der Waals surface area (Å²) < 4.78 is 0. The molecule has 0 saturated heterocycles. The number of carbonyl (C=O) groups is 1. The molecule has 0 bridgehead atoms. The standard InChI is InChI=1S/C55H107NO3/c1-3-5-7-9-11-13-15-17-19-21-22-23-24-25-26-27-28-29-30-31-32-33-35-36-38-40-42-44-46-48-50-54(58)53(52-57)56-55(59)51-49-47-45-43-41-39-37-34-20-18-16-14-12-10-8-6-4-2/h18,20,48,50,53-54,57-58H,3-17,19,21-47,49,51-52H2,1-2H3,(H,56,59)/b20-18-,50-48+. The molecule has 0 aliphatic carbocycles. The first-order valence-corrected chi connectivity index (χ1v) is 27.1. The van der Waals surface area contributed by atoms with Crippen LogP contribution in [0.15, 0.2) is 24.3 Å². The Kier molecular flexibility index (Phi) is 50.2. The summed E-state index contributed by atoms with van der Waals surface area (Å²) in [4.78, 5) is 12.4. The maximum Gasteiger partial charge on any atom is 0.220 e. The zero-order chi connectivity index (χ0) is 42.8. The maximum absolute atomic E-state index is 12.4. The average Bonchev–Trinajstić information content (AvgIpc) is 3.24. The second-order valence-electron chi connectivity index (χ2n) is 18.7. The van der Waals surface area contributed by atoms with Crippen LogP contribution in [0.4, 0.5) is 0 Å². The van der Waals surface area contributed by atoms with Crippen LogP contribution < -0.4 is 5.32 Å². The number of hydrogen-bond donors (Lipinski definition) is 3. The number of allylic oxidation sites excluding steroid dienone is 3. The maximum atomic E-state index is 12.4. The Morgan fingerprint density at radius 1 is 0.390 bits per heavy atom. The van der Waals surface area contributed by atoms with Gasteiger partial charge in [-0.25, -0.2) is 0 Å². The lowest BCUT2D eigenvalue weighted by atomic mass is 10.0. The van der Waals surface area contributed by atoms with Crippen molar-refractivity contribution in [1.29, 1.82) is 0 Å². The Morgan fingerprint density at radius 3 is 0.932 bits per heavy atom. The highest BCUT2D eigenvalue weighted by molar-refractivity contribution is 5.76. The van der Waals surface area contributed by atoms with E-state index < -0.39 is 12.1 Å². The summed E-state index contributed by atoms with van der Waals surface area (Å²) in [6.45, 7) is 4.33. The van der Waals surface area contributed by atoms with Crippen molar-refractivity contribution >= 4 is 5.91 Å². The van der Waals surface area contributed by atoms with E-state index in [1.165, 1.54) is 257 Å². The molecule has 2 unspecified atom stereocenters. The minimum atomic E-state index is -0.840. The summed E-state index contributed by atoms with van der Waals surface area (Å²) >= 11 is 0. The Bertz CT molecular complexity index is 855. The summed E-state index contributed by atoms with van der Waals surface area (Å²) in [7, 11) is 0. The number of hydrogen-bond acceptors (Lipinski definition) is 3. The first-order valence-electron chi connectivity index (χ1n) is 27.1. The molecular formula is C55H107NO3. The monoisotopic (exact) mass is 830 g/mol. The van der Waals surface area contributed by atoms with Crippen molar-refractivity contribution < 1.29 is 15.0 Å². The molecule has 0 aromatic rings. The van der Waals surface area contributed by atoms with Crippen molar-refractivity contribution in [3.63, 3.8) is 0 Å². The number of rotatable bonds is 50. The molecule has 2 atom stereocenters.